The molecule has 1 heterocycles. The SMILES string of the molecule is CC(C(=O)Nc1ccc(Br)cc1)n1cc([N+](=O)[O-])ccc1=O. The van der Waals surface area contributed by atoms with Gasteiger partial charge in [0.1, 0.15) is 6.04 Å². The maximum absolute atomic E-state index is 12.2. The number of nitrogens with one attached hydrogen (secondary N) is 1. The molecule has 0 aliphatic rings. The molecule has 114 valence electrons. The zero-order valence-corrected chi connectivity index (χ0v) is 13.1. The minimum absolute atomic E-state index is 0.247. The van der Waals surface area contributed by atoms with Crippen molar-refractivity contribution in [2.75, 3.05) is 5.32 Å². The summed E-state index contributed by atoms with van der Waals surface area (Å²) in [7, 11) is 0. The van der Waals surface area contributed by atoms with Gasteiger partial charge in [0.25, 0.3) is 11.2 Å². The first kappa shape index (κ1) is 15.9. The number of carbonyl (C=O) groups is 1. The largest absolute Gasteiger partial charge is 0.324 e. The Morgan fingerprint density at radius 2 is 1.91 bits per heavy atom. The van der Waals surface area contributed by atoms with E-state index in [1.807, 2.05) is 0 Å². The van der Waals surface area contributed by atoms with Gasteiger partial charge >= 0.3 is 0 Å². The third-order valence-corrected chi connectivity index (χ3v) is 3.57. The summed E-state index contributed by atoms with van der Waals surface area (Å²) in [6.45, 7) is 1.50. The van der Waals surface area contributed by atoms with E-state index >= 15 is 0 Å². The second-order valence-corrected chi connectivity index (χ2v) is 5.48. The molecule has 1 amide bonds. The average Bonchev–Trinajstić information content (AvgIpc) is 2.49. The number of nitro groups is 1. The predicted molar refractivity (Wildman–Crippen MR) is 84.8 cm³/mol. The van der Waals surface area contributed by atoms with Crippen molar-refractivity contribution in [2.45, 2.75) is 13.0 Å². The topological polar surface area (TPSA) is 94.2 Å². The van der Waals surface area contributed by atoms with Crippen molar-refractivity contribution < 1.29 is 9.72 Å². The average molecular weight is 366 g/mol. The van der Waals surface area contributed by atoms with Gasteiger partial charge in [0.05, 0.1) is 11.1 Å². The molecule has 22 heavy (non-hydrogen) atoms. The lowest BCUT2D eigenvalue weighted by atomic mass is 10.2. The number of carbonyl (C=O) groups excluding carboxylic acids is 1. The molecule has 1 aromatic carbocycles. The first-order valence-corrected chi connectivity index (χ1v) is 7.11. The molecule has 1 atom stereocenters. The number of rotatable bonds is 4. The van der Waals surface area contributed by atoms with Crippen LogP contribution >= 0.6 is 15.9 Å². The molecule has 0 bridgehead atoms. The lowest BCUT2D eigenvalue weighted by molar-refractivity contribution is -0.385. The molecule has 0 radical (unpaired) electrons. The number of benzene rings is 1. The van der Waals surface area contributed by atoms with E-state index in [2.05, 4.69) is 21.2 Å². The molecular weight excluding hydrogens is 354 g/mol. The molecular formula is C14H12BrN3O4. The Kier molecular flexibility index (Phi) is 4.71. The highest BCUT2D eigenvalue weighted by atomic mass is 79.9. The van der Waals surface area contributed by atoms with Gasteiger partial charge in [-0.25, -0.2) is 0 Å². The number of hydrogen-bond acceptors (Lipinski definition) is 4. The van der Waals surface area contributed by atoms with Crippen LogP contribution in [0.2, 0.25) is 0 Å². The smallest absolute Gasteiger partial charge is 0.285 e. The molecule has 8 heteroatoms. The Balaban J connectivity index is 2.23. The minimum Gasteiger partial charge on any atom is -0.324 e. The van der Waals surface area contributed by atoms with Crippen molar-refractivity contribution >= 4 is 33.2 Å². The summed E-state index contributed by atoms with van der Waals surface area (Å²) in [5.41, 5.74) is -0.162. The standard InChI is InChI=1S/C14H12BrN3O4/c1-9(14(20)16-11-4-2-10(15)3-5-11)17-8-12(18(21)22)6-7-13(17)19/h2-9H,1H3,(H,16,20). The van der Waals surface area contributed by atoms with E-state index in [9.17, 15) is 19.7 Å². The fraction of sp³-hybridized carbons (Fsp3) is 0.143. The summed E-state index contributed by atoms with van der Waals surface area (Å²) in [5, 5.41) is 13.4. The first-order chi connectivity index (χ1) is 10.4. The van der Waals surface area contributed by atoms with Crippen LogP contribution in [0.15, 0.2) is 51.9 Å². The molecule has 0 fully saturated rings. The molecule has 1 unspecified atom stereocenters. The van der Waals surface area contributed by atoms with E-state index in [1.54, 1.807) is 24.3 Å². The Labute approximate surface area is 133 Å². The number of anilines is 1. The first-order valence-electron chi connectivity index (χ1n) is 6.31. The summed E-state index contributed by atoms with van der Waals surface area (Å²) in [6, 6.07) is 8.23. The number of halogens is 1. The van der Waals surface area contributed by atoms with Crippen molar-refractivity contribution in [1.29, 1.82) is 0 Å². The number of nitrogens with zero attached hydrogens (tertiary/aromatic N) is 2. The van der Waals surface area contributed by atoms with Crippen LogP contribution in [0.1, 0.15) is 13.0 Å². The fourth-order valence-corrected chi connectivity index (χ4v) is 2.07. The summed E-state index contributed by atoms with van der Waals surface area (Å²) < 4.78 is 1.90. The van der Waals surface area contributed by atoms with Crippen molar-refractivity contribution in [3.8, 4) is 0 Å². The Bertz CT molecular complexity index is 770. The van der Waals surface area contributed by atoms with E-state index < -0.39 is 22.4 Å². The van der Waals surface area contributed by atoms with Crippen molar-refractivity contribution in [3.05, 3.63) is 67.5 Å². The van der Waals surface area contributed by atoms with Gasteiger partial charge in [-0.15, -0.1) is 0 Å². The molecule has 0 aliphatic heterocycles. The van der Waals surface area contributed by atoms with Gasteiger partial charge in [-0.05, 0) is 31.2 Å². The van der Waals surface area contributed by atoms with Gasteiger partial charge in [-0.1, -0.05) is 15.9 Å². The summed E-state index contributed by atoms with van der Waals surface area (Å²) in [5.74, 6) is -0.440. The minimum atomic E-state index is -0.879. The third-order valence-electron chi connectivity index (χ3n) is 3.04. The van der Waals surface area contributed by atoms with Crippen LogP contribution < -0.4 is 10.9 Å². The van der Waals surface area contributed by atoms with E-state index in [1.165, 1.54) is 6.92 Å². The molecule has 2 rings (SSSR count). The third kappa shape index (κ3) is 3.59. The van der Waals surface area contributed by atoms with E-state index in [0.29, 0.717) is 5.69 Å². The molecule has 2 aromatic rings. The van der Waals surface area contributed by atoms with Crippen molar-refractivity contribution in [2.24, 2.45) is 0 Å². The summed E-state index contributed by atoms with van der Waals surface area (Å²) in [4.78, 5) is 34.1. The van der Waals surface area contributed by atoms with E-state index in [-0.39, 0.29) is 5.69 Å². The maximum Gasteiger partial charge on any atom is 0.285 e. The van der Waals surface area contributed by atoms with E-state index in [4.69, 9.17) is 0 Å². The monoisotopic (exact) mass is 365 g/mol. The summed E-state index contributed by atoms with van der Waals surface area (Å²) in [6.07, 6.45) is 1.06. The lowest BCUT2D eigenvalue weighted by Crippen LogP contribution is -2.31. The molecule has 0 saturated carbocycles. The second-order valence-electron chi connectivity index (χ2n) is 4.56. The maximum atomic E-state index is 12.2. The molecule has 0 spiro atoms. The van der Waals surface area contributed by atoms with Gasteiger partial charge < -0.3 is 5.32 Å². The highest BCUT2D eigenvalue weighted by molar-refractivity contribution is 9.10. The van der Waals surface area contributed by atoms with Crippen LogP contribution in [0.3, 0.4) is 0 Å². The number of amides is 1. The van der Waals surface area contributed by atoms with Gasteiger partial charge in [0, 0.05) is 22.3 Å². The number of pyridine rings is 1. The van der Waals surface area contributed by atoms with Gasteiger partial charge in [0.15, 0.2) is 0 Å². The molecule has 0 saturated heterocycles. The van der Waals surface area contributed by atoms with Crippen molar-refractivity contribution in [1.82, 2.24) is 4.57 Å². The van der Waals surface area contributed by atoms with Crippen LogP contribution in [0, 0.1) is 10.1 Å². The molecule has 1 N–H and O–H groups in total. The lowest BCUT2D eigenvalue weighted by Gasteiger charge is -2.14. The van der Waals surface area contributed by atoms with Crippen LogP contribution in [0.5, 0.6) is 0 Å². The van der Waals surface area contributed by atoms with Crippen LogP contribution in [-0.2, 0) is 4.79 Å². The van der Waals surface area contributed by atoms with Crippen LogP contribution in [-0.4, -0.2) is 15.4 Å². The van der Waals surface area contributed by atoms with Crippen LogP contribution in [0.25, 0.3) is 0 Å². The van der Waals surface area contributed by atoms with E-state index in [0.717, 1.165) is 27.4 Å². The van der Waals surface area contributed by atoms with Gasteiger partial charge in [-0.2, -0.15) is 0 Å². The normalized spacial score (nSPS) is 11.7. The number of aromatic nitrogens is 1. The second kappa shape index (κ2) is 6.52. The van der Waals surface area contributed by atoms with Crippen molar-refractivity contribution in [3.63, 3.8) is 0 Å². The molecule has 1 aromatic heterocycles. The zero-order valence-electron chi connectivity index (χ0n) is 11.5. The van der Waals surface area contributed by atoms with Gasteiger partial charge in [0.2, 0.25) is 5.91 Å². The quantitative estimate of drug-likeness (QED) is 0.665. The van der Waals surface area contributed by atoms with Gasteiger partial charge in [-0.3, -0.25) is 24.3 Å². The highest BCUT2D eigenvalue weighted by Gasteiger charge is 2.18. The Morgan fingerprint density at radius 3 is 2.50 bits per heavy atom. The predicted octanol–water partition coefficient (Wildman–Crippen LogP) is 2.72. The molecule has 0 aliphatic carbocycles. The zero-order chi connectivity index (χ0) is 16.3. The Morgan fingerprint density at radius 1 is 1.27 bits per heavy atom. The van der Waals surface area contributed by atoms with Crippen LogP contribution in [0.4, 0.5) is 11.4 Å². The number of hydrogen-bond donors (Lipinski definition) is 1. The fourth-order valence-electron chi connectivity index (χ4n) is 1.81. The Hall–Kier alpha value is -2.48. The molecule has 7 nitrogen and oxygen atoms in total. The highest BCUT2D eigenvalue weighted by Crippen LogP contribution is 2.16. The summed E-state index contributed by atoms with van der Waals surface area (Å²) >= 11 is 3.29.